The molecule has 1 N–H and O–H groups in total. The molecule has 1 aromatic carbocycles. The number of alkyl halides is 6. The second kappa shape index (κ2) is 10.0. The van der Waals surface area contributed by atoms with Crippen molar-refractivity contribution < 1.29 is 31.1 Å². The lowest BCUT2D eigenvalue weighted by molar-refractivity contribution is -0.274. The molecule has 0 aromatic heterocycles. The number of ether oxygens (including phenoxy) is 1. The molecule has 3 rings (SSSR count). The van der Waals surface area contributed by atoms with E-state index in [0.717, 1.165) is 6.92 Å². The lowest BCUT2D eigenvalue weighted by Crippen LogP contribution is -2.57. The Morgan fingerprint density at radius 3 is 2.26 bits per heavy atom. The fourth-order valence-corrected chi connectivity index (χ4v) is 3.69. The molecule has 1 aliphatic carbocycles. The van der Waals surface area contributed by atoms with Crippen molar-refractivity contribution in [3.8, 4) is 5.75 Å². The van der Waals surface area contributed by atoms with E-state index in [-0.39, 0.29) is 54.8 Å². The molecular weight excluding hydrogens is 541 g/mol. The Kier molecular flexibility index (Phi) is 8.33. The van der Waals surface area contributed by atoms with E-state index in [9.17, 15) is 26.3 Å². The minimum atomic E-state index is -4.77. The quantitative estimate of drug-likeness (QED) is 0.257. The van der Waals surface area contributed by atoms with Gasteiger partial charge >= 0.3 is 12.5 Å². The lowest BCUT2D eigenvalue weighted by Gasteiger charge is -2.39. The zero-order valence-electron chi connectivity index (χ0n) is 17.0. The molecule has 5 nitrogen and oxygen atoms in total. The summed E-state index contributed by atoms with van der Waals surface area (Å²) in [5, 5.41) is 3.22. The number of nitrogens with zero attached hydrogens (tertiary/aromatic N) is 3. The third-order valence-electron chi connectivity index (χ3n) is 5.50. The maximum Gasteiger partial charge on any atom is 0.573 e. The standard InChI is InChI=1S/C19H24F6N4O.HI/c1-12(18(20,21)22)28-7-9-29(10-8-28)17(26-2)27-15-11-14(15)13-5-3-4-6-16(13)30-19(23,24)25;/h3-6,12,14-15H,7-11H2,1-2H3,(H,26,27);1H. The van der Waals surface area contributed by atoms with Crippen LogP contribution in [0.3, 0.4) is 0 Å². The zero-order chi connectivity index (χ0) is 22.1. The van der Waals surface area contributed by atoms with Gasteiger partial charge in [-0.2, -0.15) is 13.2 Å². The molecule has 1 aromatic rings. The van der Waals surface area contributed by atoms with Gasteiger partial charge in [-0.1, -0.05) is 18.2 Å². The molecular formula is C19H25F6IN4O. The number of guanidine groups is 1. The molecule has 0 spiro atoms. The van der Waals surface area contributed by atoms with Crippen LogP contribution in [0.15, 0.2) is 29.3 Å². The van der Waals surface area contributed by atoms with E-state index in [1.54, 1.807) is 19.2 Å². The van der Waals surface area contributed by atoms with Crippen LogP contribution in [0.5, 0.6) is 5.75 Å². The molecule has 1 saturated heterocycles. The second-order valence-corrected chi connectivity index (χ2v) is 7.47. The van der Waals surface area contributed by atoms with E-state index >= 15 is 0 Å². The number of nitrogens with one attached hydrogen (secondary N) is 1. The SMILES string of the molecule is CN=C(NC1CC1c1ccccc1OC(F)(F)F)N1CCN(C(C)C(F)(F)F)CC1.I. The van der Waals surface area contributed by atoms with Gasteiger partial charge < -0.3 is 15.0 Å². The summed E-state index contributed by atoms with van der Waals surface area (Å²) in [7, 11) is 1.57. The topological polar surface area (TPSA) is 40.1 Å². The lowest BCUT2D eigenvalue weighted by atomic mass is 10.1. The van der Waals surface area contributed by atoms with E-state index in [1.165, 1.54) is 17.0 Å². The Morgan fingerprint density at radius 1 is 1.10 bits per heavy atom. The van der Waals surface area contributed by atoms with Crippen molar-refractivity contribution >= 4 is 29.9 Å². The minimum Gasteiger partial charge on any atom is -0.405 e. The number of benzene rings is 1. The summed E-state index contributed by atoms with van der Waals surface area (Å²) in [6.45, 7) is 2.41. The zero-order valence-corrected chi connectivity index (χ0v) is 19.3. The maximum absolute atomic E-state index is 12.9. The maximum atomic E-state index is 12.9. The number of para-hydroxylation sites is 1. The van der Waals surface area contributed by atoms with E-state index < -0.39 is 18.6 Å². The second-order valence-electron chi connectivity index (χ2n) is 7.47. The van der Waals surface area contributed by atoms with E-state index in [1.807, 2.05) is 4.90 Å². The molecule has 31 heavy (non-hydrogen) atoms. The van der Waals surface area contributed by atoms with Crippen LogP contribution in [0.25, 0.3) is 0 Å². The highest BCUT2D eigenvalue weighted by molar-refractivity contribution is 14.0. The third-order valence-corrected chi connectivity index (χ3v) is 5.50. The third kappa shape index (κ3) is 6.77. The van der Waals surface area contributed by atoms with E-state index in [4.69, 9.17) is 0 Å². The Labute approximate surface area is 193 Å². The first-order valence-electron chi connectivity index (χ1n) is 9.63. The van der Waals surface area contributed by atoms with Crippen molar-refractivity contribution in [2.24, 2.45) is 4.99 Å². The number of hydrogen-bond acceptors (Lipinski definition) is 3. The van der Waals surface area contributed by atoms with Crippen LogP contribution in [-0.2, 0) is 0 Å². The largest absolute Gasteiger partial charge is 0.573 e. The van der Waals surface area contributed by atoms with Gasteiger partial charge in [0.2, 0.25) is 0 Å². The van der Waals surface area contributed by atoms with Gasteiger partial charge in [0.15, 0.2) is 5.96 Å². The molecule has 12 heteroatoms. The fraction of sp³-hybridized carbons (Fsp3) is 0.632. The number of rotatable bonds is 4. The summed E-state index contributed by atoms with van der Waals surface area (Å²) in [5.41, 5.74) is 0.464. The molecule has 1 saturated carbocycles. The van der Waals surface area contributed by atoms with Gasteiger partial charge in [-0.15, -0.1) is 37.1 Å². The normalized spacial score (nSPS) is 23.7. The molecule has 3 atom stereocenters. The number of hydrogen-bond donors (Lipinski definition) is 1. The predicted octanol–water partition coefficient (Wildman–Crippen LogP) is 4.20. The van der Waals surface area contributed by atoms with Gasteiger partial charge in [0, 0.05) is 45.2 Å². The first-order valence-corrected chi connectivity index (χ1v) is 9.63. The molecule has 1 heterocycles. The Balaban J connectivity index is 0.00000341. The van der Waals surface area contributed by atoms with Crippen molar-refractivity contribution in [1.82, 2.24) is 15.1 Å². The van der Waals surface area contributed by atoms with Gasteiger partial charge in [-0.25, -0.2) is 0 Å². The van der Waals surface area contributed by atoms with Crippen LogP contribution >= 0.6 is 24.0 Å². The van der Waals surface area contributed by atoms with Crippen molar-refractivity contribution in [3.63, 3.8) is 0 Å². The summed E-state index contributed by atoms with van der Waals surface area (Å²) in [6, 6.07) is 4.41. The molecule has 0 radical (unpaired) electrons. The van der Waals surface area contributed by atoms with E-state index in [0.29, 0.717) is 31.0 Å². The monoisotopic (exact) mass is 566 g/mol. The van der Waals surface area contributed by atoms with Crippen LogP contribution in [0, 0.1) is 0 Å². The Morgan fingerprint density at radius 2 is 1.71 bits per heavy atom. The van der Waals surface area contributed by atoms with Gasteiger partial charge in [0.1, 0.15) is 11.8 Å². The Bertz CT molecular complexity index is 765. The highest BCUT2D eigenvalue weighted by Crippen LogP contribution is 2.45. The minimum absolute atomic E-state index is 0. The summed E-state index contributed by atoms with van der Waals surface area (Å²) < 4.78 is 80.7. The highest BCUT2D eigenvalue weighted by Gasteiger charge is 2.44. The van der Waals surface area contributed by atoms with Crippen LogP contribution < -0.4 is 10.1 Å². The molecule has 2 fully saturated rings. The van der Waals surface area contributed by atoms with E-state index in [2.05, 4.69) is 15.0 Å². The van der Waals surface area contributed by atoms with Gasteiger partial charge in [-0.05, 0) is 25.0 Å². The van der Waals surface area contributed by atoms with Crippen LogP contribution in [0.1, 0.15) is 24.8 Å². The van der Waals surface area contributed by atoms with Crippen molar-refractivity contribution in [2.45, 2.75) is 43.9 Å². The summed E-state index contributed by atoms with van der Waals surface area (Å²) in [4.78, 5) is 7.45. The summed E-state index contributed by atoms with van der Waals surface area (Å²) >= 11 is 0. The average Bonchev–Trinajstić information content (AvgIpc) is 3.43. The predicted molar refractivity (Wildman–Crippen MR) is 115 cm³/mol. The van der Waals surface area contributed by atoms with Gasteiger partial charge in [0.05, 0.1) is 0 Å². The molecule has 176 valence electrons. The van der Waals surface area contributed by atoms with Gasteiger partial charge in [0.25, 0.3) is 0 Å². The molecule has 3 unspecified atom stereocenters. The van der Waals surface area contributed by atoms with Crippen molar-refractivity contribution in [1.29, 1.82) is 0 Å². The molecule has 1 aliphatic heterocycles. The van der Waals surface area contributed by atoms with Crippen molar-refractivity contribution in [2.75, 3.05) is 33.2 Å². The van der Waals surface area contributed by atoms with Crippen LogP contribution in [0.4, 0.5) is 26.3 Å². The van der Waals surface area contributed by atoms with Crippen LogP contribution in [0.2, 0.25) is 0 Å². The summed E-state index contributed by atoms with van der Waals surface area (Å²) in [5.74, 6) is 0.159. The average molecular weight is 566 g/mol. The highest BCUT2D eigenvalue weighted by atomic mass is 127. The smallest absolute Gasteiger partial charge is 0.405 e. The number of halogens is 7. The van der Waals surface area contributed by atoms with Gasteiger partial charge in [-0.3, -0.25) is 9.89 Å². The van der Waals surface area contributed by atoms with Crippen molar-refractivity contribution in [3.05, 3.63) is 29.8 Å². The number of piperazine rings is 1. The molecule has 2 aliphatic rings. The fourth-order valence-electron chi connectivity index (χ4n) is 3.69. The summed E-state index contributed by atoms with van der Waals surface area (Å²) in [6.07, 6.45) is -8.42. The molecule has 0 bridgehead atoms. The molecule has 0 amide bonds. The Hall–Kier alpha value is -1.44. The number of aliphatic imine (C=N–C) groups is 1. The first-order chi connectivity index (χ1) is 14.0. The van der Waals surface area contributed by atoms with Crippen LogP contribution in [-0.4, -0.2) is 73.6 Å². The first kappa shape index (κ1) is 25.8.